The molecule has 0 spiro atoms. The Hall–Kier alpha value is -3.39. The van der Waals surface area contributed by atoms with Gasteiger partial charge in [0.15, 0.2) is 5.96 Å². The van der Waals surface area contributed by atoms with Crippen LogP contribution in [0.5, 0.6) is 0 Å². The van der Waals surface area contributed by atoms with Crippen molar-refractivity contribution < 1.29 is 27.9 Å². The maximum Gasteiger partial charge on any atom is 0.326 e. The van der Waals surface area contributed by atoms with Gasteiger partial charge in [-0.15, -0.1) is 0 Å². The van der Waals surface area contributed by atoms with Crippen molar-refractivity contribution in [2.45, 2.75) is 55.5 Å². The zero-order valence-electron chi connectivity index (χ0n) is 22.0. The molecule has 0 aliphatic carbocycles. The molecule has 12 nitrogen and oxygen atoms in total. The number of carbonyl (C=O) groups is 3. The number of hydrogen-bond acceptors (Lipinski definition) is 6. The molecule has 41 heavy (non-hydrogen) atoms. The van der Waals surface area contributed by atoms with Crippen LogP contribution in [-0.2, 0) is 30.8 Å². The highest BCUT2D eigenvalue weighted by atomic mass is 35.5. The van der Waals surface area contributed by atoms with Crippen LogP contribution in [0.4, 0.5) is 5.69 Å². The smallest absolute Gasteiger partial charge is 0.326 e. The molecule has 0 aromatic heterocycles. The Morgan fingerprint density at radius 1 is 1.10 bits per heavy atom. The summed E-state index contributed by atoms with van der Waals surface area (Å²) >= 11 is 11.9. The maximum absolute atomic E-state index is 13.3. The molecule has 0 bridgehead atoms. The van der Waals surface area contributed by atoms with Crippen molar-refractivity contribution in [2.75, 3.05) is 18.4 Å². The SMILES string of the molecule is N=C(N)NCCCCC(=O)Nc1ccc(C[C@H](NC(=O)[C@@H]2CCCN2S(=O)(=O)c2cc(Cl)cc(Cl)c2)C(=O)O)cc1. The molecule has 1 saturated heterocycles. The van der Waals surface area contributed by atoms with E-state index < -0.39 is 34.0 Å². The molecule has 0 saturated carbocycles. The maximum atomic E-state index is 13.3. The van der Waals surface area contributed by atoms with Crippen LogP contribution in [0.2, 0.25) is 10.0 Å². The van der Waals surface area contributed by atoms with Gasteiger partial charge in [0.25, 0.3) is 0 Å². The number of nitrogens with zero attached hydrogens (tertiary/aromatic N) is 1. The van der Waals surface area contributed by atoms with Gasteiger partial charge in [0.2, 0.25) is 21.8 Å². The summed E-state index contributed by atoms with van der Waals surface area (Å²) < 4.78 is 27.5. The first-order valence-corrected chi connectivity index (χ1v) is 15.0. The van der Waals surface area contributed by atoms with Gasteiger partial charge in [-0.1, -0.05) is 35.3 Å². The third-order valence-corrected chi connectivity index (χ3v) is 8.71. The van der Waals surface area contributed by atoms with Gasteiger partial charge < -0.3 is 26.8 Å². The first-order chi connectivity index (χ1) is 19.4. The molecule has 3 rings (SSSR count). The van der Waals surface area contributed by atoms with Crippen LogP contribution in [0.25, 0.3) is 0 Å². The number of anilines is 1. The number of carboxylic acids is 1. The van der Waals surface area contributed by atoms with Crippen molar-refractivity contribution in [1.29, 1.82) is 5.41 Å². The quantitative estimate of drug-likeness (QED) is 0.111. The first-order valence-electron chi connectivity index (χ1n) is 12.8. The van der Waals surface area contributed by atoms with Crippen molar-refractivity contribution in [1.82, 2.24) is 14.9 Å². The van der Waals surface area contributed by atoms with E-state index in [-0.39, 0.29) is 52.6 Å². The lowest BCUT2D eigenvalue weighted by Gasteiger charge is -2.25. The van der Waals surface area contributed by atoms with E-state index in [0.29, 0.717) is 37.1 Å². The van der Waals surface area contributed by atoms with Gasteiger partial charge in [-0.2, -0.15) is 4.31 Å². The summed E-state index contributed by atoms with van der Waals surface area (Å²) in [6.45, 7) is 0.592. The molecule has 15 heteroatoms. The molecule has 1 fully saturated rings. The number of nitrogens with two attached hydrogens (primary N) is 1. The molecular weight excluding hydrogens is 595 g/mol. The Balaban J connectivity index is 1.59. The molecule has 1 aliphatic heterocycles. The van der Waals surface area contributed by atoms with Crippen molar-refractivity contribution in [3.63, 3.8) is 0 Å². The third kappa shape index (κ3) is 9.32. The molecule has 2 amide bonds. The molecule has 2 aromatic rings. The summed E-state index contributed by atoms with van der Waals surface area (Å²) in [7, 11) is -4.12. The van der Waals surface area contributed by atoms with Gasteiger partial charge in [0.05, 0.1) is 4.90 Å². The third-order valence-electron chi connectivity index (χ3n) is 6.39. The summed E-state index contributed by atoms with van der Waals surface area (Å²) in [5.74, 6) is -2.29. The molecule has 0 radical (unpaired) electrons. The van der Waals surface area contributed by atoms with E-state index in [1.807, 2.05) is 0 Å². The van der Waals surface area contributed by atoms with Crippen LogP contribution in [0.15, 0.2) is 47.4 Å². The minimum Gasteiger partial charge on any atom is -0.480 e. The van der Waals surface area contributed by atoms with E-state index in [0.717, 1.165) is 4.31 Å². The molecule has 2 atom stereocenters. The normalized spacial score (nSPS) is 16.1. The zero-order chi connectivity index (χ0) is 30.2. The Kier molecular flexibility index (Phi) is 11.4. The predicted molar refractivity (Wildman–Crippen MR) is 155 cm³/mol. The molecular formula is C26H32Cl2N6O6S. The van der Waals surface area contributed by atoms with E-state index >= 15 is 0 Å². The van der Waals surface area contributed by atoms with Crippen molar-refractivity contribution >= 4 is 62.7 Å². The van der Waals surface area contributed by atoms with Crippen LogP contribution in [0.1, 0.15) is 37.7 Å². The number of carboxylic acid groups (broad SMARTS) is 1. The Morgan fingerprint density at radius 2 is 1.76 bits per heavy atom. The number of rotatable bonds is 13. The first kappa shape index (κ1) is 32.1. The van der Waals surface area contributed by atoms with Crippen LogP contribution in [0.3, 0.4) is 0 Å². The fourth-order valence-electron chi connectivity index (χ4n) is 4.39. The lowest BCUT2D eigenvalue weighted by Crippen LogP contribution is -2.51. The Morgan fingerprint density at radius 3 is 2.37 bits per heavy atom. The number of guanidine groups is 1. The van der Waals surface area contributed by atoms with E-state index in [9.17, 15) is 27.9 Å². The van der Waals surface area contributed by atoms with Crippen LogP contribution in [-0.4, -0.2) is 66.7 Å². The van der Waals surface area contributed by atoms with E-state index in [2.05, 4.69) is 16.0 Å². The Labute approximate surface area is 248 Å². The molecule has 2 aromatic carbocycles. The topological polar surface area (TPSA) is 195 Å². The molecule has 0 unspecified atom stereocenters. The minimum absolute atomic E-state index is 0.0538. The predicted octanol–water partition coefficient (Wildman–Crippen LogP) is 2.55. The highest BCUT2D eigenvalue weighted by molar-refractivity contribution is 7.89. The summed E-state index contributed by atoms with van der Waals surface area (Å²) in [6, 6.07) is 8.04. The summed E-state index contributed by atoms with van der Waals surface area (Å²) in [5.41, 5.74) is 6.33. The zero-order valence-corrected chi connectivity index (χ0v) is 24.4. The summed E-state index contributed by atoms with van der Waals surface area (Å²) in [4.78, 5) is 37.1. The lowest BCUT2D eigenvalue weighted by molar-refractivity contribution is -0.142. The van der Waals surface area contributed by atoms with Crippen molar-refractivity contribution in [3.8, 4) is 0 Å². The second-order valence-corrected chi connectivity index (χ2v) is 12.3. The second-order valence-electron chi connectivity index (χ2n) is 9.53. The number of amides is 2. The van der Waals surface area contributed by atoms with E-state index in [1.54, 1.807) is 24.3 Å². The van der Waals surface area contributed by atoms with Gasteiger partial charge in [-0.25, -0.2) is 13.2 Å². The summed E-state index contributed by atoms with van der Waals surface area (Å²) in [5, 5.41) is 25.0. The van der Waals surface area contributed by atoms with Gasteiger partial charge in [-0.05, 0) is 61.6 Å². The standard InChI is InChI=1S/C26H32Cl2N6O6S/c27-17-13-18(28)15-20(14-17)41(39,40)34-11-3-4-22(34)24(36)33-21(25(37)38)12-16-6-8-19(9-7-16)32-23(35)5-1-2-10-31-26(29)30/h6-9,13-15,21-22H,1-5,10-12H2,(H,32,35)(H,33,36)(H,37,38)(H4,29,30,31)/t21-,22-/m0/s1. The number of carbonyl (C=O) groups excluding carboxylic acids is 2. The average molecular weight is 628 g/mol. The molecule has 1 heterocycles. The van der Waals surface area contributed by atoms with Crippen LogP contribution < -0.4 is 21.7 Å². The molecule has 1 aliphatic rings. The number of halogens is 2. The fraction of sp³-hybridized carbons (Fsp3) is 0.385. The highest BCUT2D eigenvalue weighted by Crippen LogP contribution is 2.30. The van der Waals surface area contributed by atoms with Gasteiger partial charge >= 0.3 is 5.97 Å². The van der Waals surface area contributed by atoms with Crippen molar-refractivity contribution in [2.24, 2.45) is 5.73 Å². The van der Waals surface area contributed by atoms with E-state index in [4.69, 9.17) is 34.3 Å². The van der Waals surface area contributed by atoms with Crippen molar-refractivity contribution in [3.05, 3.63) is 58.1 Å². The summed E-state index contributed by atoms with van der Waals surface area (Å²) in [6.07, 6.45) is 2.16. The number of benzene rings is 2. The van der Waals surface area contributed by atoms with E-state index in [1.165, 1.54) is 18.2 Å². The number of sulfonamides is 1. The minimum atomic E-state index is -4.12. The van der Waals surface area contributed by atoms with Crippen LogP contribution in [0, 0.1) is 5.41 Å². The number of nitrogens with one attached hydrogen (secondary N) is 4. The fourth-order valence-corrected chi connectivity index (χ4v) is 6.77. The van der Waals surface area contributed by atoms with Gasteiger partial charge in [-0.3, -0.25) is 15.0 Å². The van der Waals surface area contributed by atoms with Gasteiger partial charge in [0, 0.05) is 41.7 Å². The molecule has 7 N–H and O–H groups in total. The monoisotopic (exact) mass is 626 g/mol. The number of hydrogen-bond donors (Lipinski definition) is 6. The van der Waals surface area contributed by atoms with Crippen LogP contribution >= 0.6 is 23.2 Å². The average Bonchev–Trinajstić information content (AvgIpc) is 3.39. The Bertz CT molecular complexity index is 1370. The highest BCUT2D eigenvalue weighted by Gasteiger charge is 2.40. The van der Waals surface area contributed by atoms with Gasteiger partial charge in [0.1, 0.15) is 12.1 Å². The number of unbranched alkanes of at least 4 members (excludes halogenated alkanes) is 1. The largest absolute Gasteiger partial charge is 0.480 e. The lowest BCUT2D eigenvalue weighted by atomic mass is 10.0. The second kappa shape index (κ2) is 14.5. The molecule has 222 valence electrons. The number of aliphatic carboxylic acids is 1.